The number of rotatable bonds is 6. The molecule has 19 heavy (non-hydrogen) atoms. The number of nitrogens with one attached hydrogen (secondary N) is 1. The molecule has 0 aliphatic rings. The van der Waals surface area contributed by atoms with E-state index in [-0.39, 0.29) is 12.5 Å². The molecular weight excluding hydrogens is 238 g/mol. The number of fused-ring (bicyclic) bond motifs is 1. The third kappa shape index (κ3) is 3.80. The molecule has 2 N–H and O–H groups in total. The summed E-state index contributed by atoms with van der Waals surface area (Å²) in [5, 5.41) is 13.8. The maximum atomic E-state index is 11.8. The van der Waals surface area contributed by atoms with Crippen molar-refractivity contribution in [1.29, 1.82) is 0 Å². The van der Waals surface area contributed by atoms with E-state index in [9.17, 15) is 4.79 Å². The zero-order chi connectivity index (χ0) is 13.5. The Morgan fingerprint density at radius 3 is 2.68 bits per heavy atom. The Bertz CT molecular complexity index is 546. The minimum absolute atomic E-state index is 0.0364. The molecule has 0 aliphatic heterocycles. The quantitative estimate of drug-likeness (QED) is 0.780. The SMILES string of the molecule is O=C(Cc1cccc2ccccc12)NCCCCO. The van der Waals surface area contributed by atoms with Crippen molar-refractivity contribution in [1.82, 2.24) is 5.32 Å². The van der Waals surface area contributed by atoms with Crippen LogP contribution < -0.4 is 5.32 Å². The number of carbonyl (C=O) groups excluding carboxylic acids is 1. The van der Waals surface area contributed by atoms with Crippen LogP contribution in [0.15, 0.2) is 42.5 Å². The van der Waals surface area contributed by atoms with Crippen LogP contribution in [0, 0.1) is 0 Å². The van der Waals surface area contributed by atoms with E-state index in [0.29, 0.717) is 13.0 Å². The first-order valence-electron chi connectivity index (χ1n) is 6.65. The average Bonchev–Trinajstić information content (AvgIpc) is 2.44. The summed E-state index contributed by atoms with van der Waals surface area (Å²) in [6.07, 6.45) is 1.95. The van der Waals surface area contributed by atoms with Crippen molar-refractivity contribution in [2.75, 3.05) is 13.2 Å². The van der Waals surface area contributed by atoms with Gasteiger partial charge in [0.2, 0.25) is 5.91 Å². The second-order valence-electron chi connectivity index (χ2n) is 4.60. The molecule has 0 saturated carbocycles. The number of unbranched alkanes of at least 4 members (excludes halogenated alkanes) is 1. The van der Waals surface area contributed by atoms with Gasteiger partial charge in [-0.2, -0.15) is 0 Å². The predicted molar refractivity (Wildman–Crippen MR) is 77.0 cm³/mol. The summed E-state index contributed by atoms with van der Waals surface area (Å²) < 4.78 is 0. The van der Waals surface area contributed by atoms with Crippen molar-refractivity contribution in [2.24, 2.45) is 0 Å². The molecule has 0 radical (unpaired) electrons. The van der Waals surface area contributed by atoms with Gasteiger partial charge in [0, 0.05) is 13.2 Å². The fourth-order valence-electron chi connectivity index (χ4n) is 2.15. The highest BCUT2D eigenvalue weighted by atomic mass is 16.2. The van der Waals surface area contributed by atoms with E-state index in [2.05, 4.69) is 17.4 Å². The second-order valence-corrected chi connectivity index (χ2v) is 4.60. The summed E-state index contributed by atoms with van der Waals surface area (Å²) in [4.78, 5) is 11.8. The Balaban J connectivity index is 1.99. The third-order valence-electron chi connectivity index (χ3n) is 3.14. The van der Waals surface area contributed by atoms with E-state index in [1.54, 1.807) is 0 Å². The Hall–Kier alpha value is -1.87. The molecule has 2 rings (SSSR count). The van der Waals surface area contributed by atoms with Crippen LogP contribution in [0.4, 0.5) is 0 Å². The van der Waals surface area contributed by atoms with Crippen molar-refractivity contribution in [3.05, 3.63) is 48.0 Å². The summed E-state index contributed by atoms with van der Waals surface area (Å²) in [5.41, 5.74) is 1.05. The molecule has 1 amide bonds. The lowest BCUT2D eigenvalue weighted by molar-refractivity contribution is -0.120. The molecule has 0 heterocycles. The van der Waals surface area contributed by atoms with E-state index < -0.39 is 0 Å². The van der Waals surface area contributed by atoms with E-state index in [4.69, 9.17) is 5.11 Å². The van der Waals surface area contributed by atoms with Gasteiger partial charge >= 0.3 is 0 Å². The first-order chi connectivity index (χ1) is 9.31. The number of aliphatic hydroxyl groups is 1. The molecule has 0 unspecified atom stereocenters. The van der Waals surface area contributed by atoms with Gasteiger partial charge in [0.15, 0.2) is 0 Å². The number of amides is 1. The maximum absolute atomic E-state index is 11.8. The Kier molecular flexibility index (Phi) is 4.93. The number of benzene rings is 2. The van der Waals surface area contributed by atoms with Gasteiger partial charge in [-0.3, -0.25) is 4.79 Å². The Morgan fingerprint density at radius 2 is 1.84 bits per heavy atom. The monoisotopic (exact) mass is 257 g/mol. The summed E-state index contributed by atoms with van der Waals surface area (Å²) in [5.74, 6) is 0.0364. The topological polar surface area (TPSA) is 49.3 Å². The van der Waals surface area contributed by atoms with Gasteiger partial charge in [-0.15, -0.1) is 0 Å². The molecule has 2 aromatic rings. The summed E-state index contributed by atoms with van der Waals surface area (Å²) >= 11 is 0. The smallest absolute Gasteiger partial charge is 0.224 e. The van der Waals surface area contributed by atoms with Gasteiger partial charge in [0.25, 0.3) is 0 Å². The van der Waals surface area contributed by atoms with Gasteiger partial charge in [-0.1, -0.05) is 42.5 Å². The highest BCUT2D eigenvalue weighted by molar-refractivity contribution is 5.90. The molecule has 2 aromatic carbocycles. The van der Waals surface area contributed by atoms with Crippen LogP contribution in [-0.2, 0) is 11.2 Å². The largest absolute Gasteiger partial charge is 0.396 e. The van der Waals surface area contributed by atoms with Crippen LogP contribution in [0.2, 0.25) is 0 Å². The normalized spacial score (nSPS) is 10.6. The van der Waals surface area contributed by atoms with Gasteiger partial charge in [0.1, 0.15) is 0 Å². The third-order valence-corrected chi connectivity index (χ3v) is 3.14. The van der Waals surface area contributed by atoms with Gasteiger partial charge < -0.3 is 10.4 Å². The van der Waals surface area contributed by atoms with Crippen LogP contribution in [0.1, 0.15) is 18.4 Å². The Morgan fingerprint density at radius 1 is 1.05 bits per heavy atom. The molecule has 0 saturated heterocycles. The first kappa shape index (κ1) is 13.6. The van der Waals surface area contributed by atoms with Crippen molar-refractivity contribution in [3.8, 4) is 0 Å². The summed E-state index contributed by atoms with van der Waals surface area (Å²) in [7, 11) is 0. The average molecular weight is 257 g/mol. The molecule has 3 nitrogen and oxygen atoms in total. The summed E-state index contributed by atoms with van der Waals surface area (Å²) in [6.45, 7) is 0.809. The zero-order valence-electron chi connectivity index (χ0n) is 10.9. The lowest BCUT2D eigenvalue weighted by Crippen LogP contribution is -2.26. The molecule has 0 fully saturated rings. The van der Waals surface area contributed by atoms with Crippen LogP contribution in [0.25, 0.3) is 10.8 Å². The number of aliphatic hydroxyl groups excluding tert-OH is 1. The first-order valence-corrected chi connectivity index (χ1v) is 6.65. The minimum atomic E-state index is 0.0364. The van der Waals surface area contributed by atoms with Gasteiger partial charge in [0.05, 0.1) is 6.42 Å². The molecule has 0 spiro atoms. The van der Waals surface area contributed by atoms with Gasteiger partial charge in [-0.25, -0.2) is 0 Å². The maximum Gasteiger partial charge on any atom is 0.224 e. The number of hydrogen-bond donors (Lipinski definition) is 2. The number of carbonyl (C=O) groups is 1. The second kappa shape index (κ2) is 6.90. The van der Waals surface area contributed by atoms with Crippen LogP contribution in [0.3, 0.4) is 0 Å². The molecule has 100 valence electrons. The molecule has 0 aliphatic carbocycles. The van der Waals surface area contributed by atoms with Crippen LogP contribution >= 0.6 is 0 Å². The molecule has 3 heteroatoms. The lowest BCUT2D eigenvalue weighted by atomic mass is 10.0. The molecule has 0 bridgehead atoms. The molecular formula is C16H19NO2. The highest BCUT2D eigenvalue weighted by Gasteiger charge is 2.05. The van der Waals surface area contributed by atoms with Crippen molar-refractivity contribution < 1.29 is 9.90 Å². The minimum Gasteiger partial charge on any atom is -0.396 e. The summed E-state index contributed by atoms with van der Waals surface area (Å²) in [6, 6.07) is 14.1. The Labute approximate surface area is 113 Å². The lowest BCUT2D eigenvalue weighted by Gasteiger charge is -2.07. The van der Waals surface area contributed by atoms with Crippen LogP contribution in [-0.4, -0.2) is 24.2 Å². The number of hydrogen-bond acceptors (Lipinski definition) is 2. The van der Waals surface area contributed by atoms with E-state index in [0.717, 1.165) is 29.2 Å². The molecule has 0 aromatic heterocycles. The van der Waals surface area contributed by atoms with E-state index in [1.165, 1.54) is 0 Å². The van der Waals surface area contributed by atoms with Crippen LogP contribution in [0.5, 0.6) is 0 Å². The van der Waals surface area contributed by atoms with Gasteiger partial charge in [-0.05, 0) is 29.2 Å². The van der Waals surface area contributed by atoms with Crippen molar-refractivity contribution in [3.63, 3.8) is 0 Å². The zero-order valence-corrected chi connectivity index (χ0v) is 10.9. The van der Waals surface area contributed by atoms with E-state index >= 15 is 0 Å². The highest BCUT2D eigenvalue weighted by Crippen LogP contribution is 2.18. The molecule has 0 atom stereocenters. The standard InChI is InChI=1S/C16H19NO2/c18-11-4-3-10-17-16(19)12-14-8-5-7-13-6-1-2-9-15(13)14/h1-2,5-9,18H,3-4,10-12H2,(H,17,19). The fraction of sp³-hybridized carbons (Fsp3) is 0.312. The fourth-order valence-corrected chi connectivity index (χ4v) is 2.15. The van der Waals surface area contributed by atoms with E-state index in [1.807, 2.05) is 30.3 Å². The van der Waals surface area contributed by atoms with Crippen molar-refractivity contribution in [2.45, 2.75) is 19.3 Å². The van der Waals surface area contributed by atoms with Crippen molar-refractivity contribution >= 4 is 16.7 Å². The predicted octanol–water partition coefficient (Wildman–Crippen LogP) is 2.27.